The Morgan fingerprint density at radius 3 is 1.56 bits per heavy atom. The Labute approximate surface area is 335 Å². The summed E-state index contributed by atoms with van der Waals surface area (Å²) in [6.45, 7) is 14.3. The fraction of sp³-hybridized carbons (Fsp3) is 0.208. The Morgan fingerprint density at radius 1 is 0.596 bits per heavy atom. The van der Waals surface area contributed by atoms with Gasteiger partial charge in [0.2, 0.25) is 0 Å². The van der Waals surface area contributed by atoms with Crippen LogP contribution in [-0.4, -0.2) is 27.4 Å². The molecule has 4 nitrogen and oxygen atoms in total. The lowest BCUT2D eigenvalue weighted by atomic mass is 9.81. The van der Waals surface area contributed by atoms with Gasteiger partial charge in [-0.25, -0.2) is 0 Å². The number of rotatable bonds is 9. The van der Waals surface area contributed by atoms with Crippen molar-refractivity contribution < 1.29 is 32.2 Å². The van der Waals surface area contributed by atoms with Crippen molar-refractivity contribution in [3.05, 3.63) is 131 Å². The van der Waals surface area contributed by atoms with Crippen LogP contribution in [0.15, 0.2) is 108 Å². The lowest BCUT2D eigenvalue weighted by Gasteiger charge is -2.23. The Bertz CT molecular complexity index is 2540. The highest BCUT2D eigenvalue weighted by Gasteiger charge is 2.36. The molecule has 0 spiro atoms. The van der Waals surface area contributed by atoms with Crippen molar-refractivity contribution in [3.8, 4) is 61.8 Å². The Kier molecular flexibility index (Phi) is 10.7. The molecule has 57 heavy (non-hydrogen) atoms. The zero-order chi connectivity index (χ0) is 41.0. The number of halogens is 3. The van der Waals surface area contributed by atoms with Gasteiger partial charge in [-0.3, -0.25) is 0 Å². The first-order chi connectivity index (χ1) is 27.0. The standard InChI is InChI=1S/C48H46F3O4PSi/c1-27-15-10-16-28(2)40(27)32-19-12-20-33(41-29(3)17-11-18-30(41)4)42(32)34-21-13-24-37-43(34)45(44-35(53-5)22-14-23-36(44)54-6)47(55-37)56-38-25-31(48(49,50)51)26-39(46(38)52)57(7,8)9/h10-26,52,56H,1-9H3. The SMILES string of the molecule is COc1cccc(OC)c1-c1c(Pc2cc(C(F)(F)F)cc([Si](C)(C)C)c2O)oc2cccc(-c3c(-c4c(C)cccc4C)cccc3-c3c(C)cccc3C)c12. The molecule has 0 fully saturated rings. The zero-order valence-electron chi connectivity index (χ0n) is 33.6. The number of benzene rings is 6. The van der Waals surface area contributed by atoms with Gasteiger partial charge in [-0.05, 0) is 127 Å². The predicted octanol–water partition coefficient (Wildman–Crippen LogP) is 12.3. The summed E-state index contributed by atoms with van der Waals surface area (Å²) >= 11 is 0. The van der Waals surface area contributed by atoms with Gasteiger partial charge in [0.15, 0.2) is 0 Å². The molecule has 0 saturated heterocycles. The van der Waals surface area contributed by atoms with E-state index in [1.165, 1.54) is 0 Å². The largest absolute Gasteiger partial charge is 0.507 e. The molecule has 1 aromatic heterocycles. The second-order valence-corrected chi connectivity index (χ2v) is 21.9. The molecule has 0 saturated carbocycles. The van der Waals surface area contributed by atoms with Gasteiger partial charge in [-0.1, -0.05) is 92.4 Å². The second-order valence-electron chi connectivity index (χ2n) is 15.6. The summed E-state index contributed by atoms with van der Waals surface area (Å²) < 4.78 is 62.3. The van der Waals surface area contributed by atoms with E-state index >= 15 is 0 Å². The van der Waals surface area contributed by atoms with E-state index < -0.39 is 28.4 Å². The molecule has 1 heterocycles. The van der Waals surface area contributed by atoms with Crippen molar-refractivity contribution in [2.75, 3.05) is 14.2 Å². The molecule has 6 aromatic carbocycles. The van der Waals surface area contributed by atoms with Crippen molar-refractivity contribution in [1.82, 2.24) is 0 Å². The summed E-state index contributed by atoms with van der Waals surface area (Å²) in [6, 6.07) is 32.6. The second kappa shape index (κ2) is 15.2. The lowest BCUT2D eigenvalue weighted by Crippen LogP contribution is -2.40. The summed E-state index contributed by atoms with van der Waals surface area (Å²) in [4.78, 5) is 0. The highest BCUT2D eigenvalue weighted by atomic mass is 31.1. The summed E-state index contributed by atoms with van der Waals surface area (Å²) in [6.07, 6.45) is -4.61. The highest BCUT2D eigenvalue weighted by molar-refractivity contribution is 7.55. The number of furan rings is 1. The van der Waals surface area contributed by atoms with Crippen LogP contribution in [0.4, 0.5) is 13.2 Å². The molecule has 0 aliphatic heterocycles. The molecule has 0 radical (unpaired) electrons. The number of hydrogen-bond donors (Lipinski definition) is 1. The van der Waals surface area contributed by atoms with E-state index in [4.69, 9.17) is 13.9 Å². The first-order valence-electron chi connectivity index (χ1n) is 18.8. The van der Waals surface area contributed by atoms with Crippen LogP contribution < -0.4 is 25.5 Å². The van der Waals surface area contributed by atoms with Gasteiger partial charge in [-0.15, -0.1) is 0 Å². The van der Waals surface area contributed by atoms with E-state index in [2.05, 4.69) is 88.4 Å². The third kappa shape index (κ3) is 7.26. The number of fused-ring (bicyclic) bond motifs is 1. The fourth-order valence-electron chi connectivity index (χ4n) is 8.11. The van der Waals surface area contributed by atoms with Crippen molar-refractivity contribution in [2.45, 2.75) is 53.5 Å². The topological polar surface area (TPSA) is 51.8 Å². The van der Waals surface area contributed by atoms with E-state index in [1.54, 1.807) is 14.2 Å². The Hall–Kier alpha value is -5.30. The molecule has 0 aliphatic rings. The quantitative estimate of drug-likeness (QED) is 0.117. The molecule has 9 heteroatoms. The molecule has 7 rings (SSSR count). The van der Waals surface area contributed by atoms with Crippen LogP contribution >= 0.6 is 8.58 Å². The average Bonchev–Trinajstić information content (AvgIpc) is 3.52. The van der Waals surface area contributed by atoms with Crippen molar-refractivity contribution in [1.29, 1.82) is 0 Å². The van der Waals surface area contributed by atoms with Crippen LogP contribution in [0.25, 0.3) is 55.5 Å². The lowest BCUT2D eigenvalue weighted by molar-refractivity contribution is -0.137. The van der Waals surface area contributed by atoms with E-state index in [-0.39, 0.29) is 11.1 Å². The maximum Gasteiger partial charge on any atom is 0.416 e. The minimum atomic E-state index is -4.61. The van der Waals surface area contributed by atoms with Gasteiger partial charge < -0.3 is 19.0 Å². The number of ether oxygens (including phenoxy) is 2. The first kappa shape index (κ1) is 39.9. The smallest absolute Gasteiger partial charge is 0.416 e. The molecule has 1 unspecified atom stereocenters. The molecular formula is C48H46F3O4PSi. The van der Waals surface area contributed by atoms with Crippen LogP contribution in [0, 0.1) is 27.7 Å². The fourth-order valence-corrected chi connectivity index (χ4v) is 10.9. The minimum absolute atomic E-state index is 0.128. The van der Waals surface area contributed by atoms with Crippen LogP contribution in [0.3, 0.4) is 0 Å². The average molecular weight is 803 g/mol. The maximum absolute atomic E-state index is 14.5. The molecule has 292 valence electrons. The maximum atomic E-state index is 14.5. The third-order valence-electron chi connectivity index (χ3n) is 10.7. The minimum Gasteiger partial charge on any atom is -0.507 e. The number of aryl methyl sites for hydroxylation is 4. The number of phenols is 1. The molecule has 1 N–H and O–H groups in total. The van der Waals surface area contributed by atoms with Crippen molar-refractivity contribution >= 4 is 43.6 Å². The summed E-state index contributed by atoms with van der Waals surface area (Å²) in [7, 11) is 0.232. The van der Waals surface area contributed by atoms with Gasteiger partial charge in [0.1, 0.15) is 28.3 Å². The van der Waals surface area contributed by atoms with Gasteiger partial charge in [0.25, 0.3) is 0 Å². The summed E-state index contributed by atoms with van der Waals surface area (Å²) in [5, 5.41) is 13.0. The predicted molar refractivity (Wildman–Crippen MR) is 234 cm³/mol. The summed E-state index contributed by atoms with van der Waals surface area (Å²) in [5.41, 5.74) is 12.1. The van der Waals surface area contributed by atoms with Gasteiger partial charge in [0.05, 0.1) is 33.4 Å². The molecule has 0 aliphatic carbocycles. The molecular weight excluding hydrogens is 757 g/mol. The molecule has 7 aromatic rings. The van der Waals surface area contributed by atoms with Crippen molar-refractivity contribution in [2.24, 2.45) is 0 Å². The third-order valence-corrected chi connectivity index (χ3v) is 13.9. The van der Waals surface area contributed by atoms with Crippen molar-refractivity contribution in [3.63, 3.8) is 0 Å². The summed E-state index contributed by atoms with van der Waals surface area (Å²) in [5.74, 6) is 0.885. The van der Waals surface area contributed by atoms with Crippen LogP contribution in [0.5, 0.6) is 17.2 Å². The van der Waals surface area contributed by atoms with Gasteiger partial charge >= 0.3 is 6.18 Å². The first-order valence-corrected chi connectivity index (χ1v) is 23.3. The molecule has 0 bridgehead atoms. The highest BCUT2D eigenvalue weighted by Crippen LogP contribution is 2.51. The van der Waals surface area contributed by atoms with Crippen LogP contribution in [-0.2, 0) is 6.18 Å². The Morgan fingerprint density at radius 2 is 1.07 bits per heavy atom. The molecule has 1 atom stereocenters. The number of alkyl halides is 3. The zero-order valence-corrected chi connectivity index (χ0v) is 35.6. The number of phenolic OH excluding ortho intramolecular Hbond substituents is 1. The monoisotopic (exact) mass is 802 g/mol. The van der Waals surface area contributed by atoms with E-state index in [9.17, 15) is 18.3 Å². The van der Waals surface area contributed by atoms with Gasteiger partial charge in [0, 0.05) is 16.3 Å². The number of aromatic hydroxyl groups is 1. The van der Waals surface area contributed by atoms with Crippen LogP contribution in [0.1, 0.15) is 27.8 Å². The Balaban J connectivity index is 1.66. The van der Waals surface area contributed by atoms with Gasteiger partial charge in [-0.2, -0.15) is 13.2 Å². The van der Waals surface area contributed by atoms with E-state index in [0.29, 0.717) is 38.9 Å². The van der Waals surface area contributed by atoms with Crippen LogP contribution in [0.2, 0.25) is 19.6 Å². The van der Waals surface area contributed by atoms with E-state index in [0.717, 1.165) is 73.2 Å². The number of methoxy groups -OCH3 is 2. The van der Waals surface area contributed by atoms with E-state index in [1.807, 2.05) is 50.0 Å². The normalized spacial score (nSPS) is 12.2. The number of hydrogen-bond acceptors (Lipinski definition) is 4. The molecule has 0 amide bonds.